The Bertz CT molecular complexity index is 1580. The van der Waals surface area contributed by atoms with Crippen LogP contribution in [0.3, 0.4) is 0 Å². The predicted molar refractivity (Wildman–Crippen MR) is 156 cm³/mol. The highest BCUT2D eigenvalue weighted by Gasteiger charge is 2.35. The number of carbonyl (C=O) groups excluding carboxylic acids is 2. The van der Waals surface area contributed by atoms with E-state index in [9.17, 15) is 18.4 Å². The number of amides is 2. The molecule has 11 heteroatoms. The number of ether oxygens (including phenoxy) is 3. The Labute approximate surface area is 249 Å². The molecule has 0 N–H and O–H groups in total. The average Bonchev–Trinajstić information content (AvgIpc) is 3.28. The molecule has 228 valence electrons. The van der Waals surface area contributed by atoms with Crippen LogP contribution in [0.2, 0.25) is 0 Å². The summed E-state index contributed by atoms with van der Waals surface area (Å²) >= 11 is 0. The van der Waals surface area contributed by atoms with Crippen LogP contribution in [-0.4, -0.2) is 76.4 Å². The molecule has 1 unspecified atom stereocenters. The summed E-state index contributed by atoms with van der Waals surface area (Å²) in [5.74, 6) is 6.34. The lowest BCUT2D eigenvalue weighted by Gasteiger charge is -2.33. The standard InChI is InChI=1S/C32H36F2N4O5/c1-6-24-28-35-23-13-12-20(9-8-18-41-21-14-16-37(17-15-21)31(40)43-32(2,3)4)19-25(23)38(28)27-22(29(39)36(24)5)10-7-11-26(27)42-30(33)34/h7,10-13,19,21,24,30H,6,14-18H2,1-5H3. The zero-order valence-corrected chi connectivity index (χ0v) is 25.0. The molecule has 0 radical (unpaired) electrons. The summed E-state index contributed by atoms with van der Waals surface area (Å²) in [5.41, 5.74) is 1.91. The Morgan fingerprint density at radius 1 is 1.16 bits per heavy atom. The summed E-state index contributed by atoms with van der Waals surface area (Å²) in [7, 11) is 1.69. The number of halogens is 2. The van der Waals surface area contributed by atoms with Crippen LogP contribution < -0.4 is 4.74 Å². The molecule has 3 aromatic rings. The van der Waals surface area contributed by atoms with Gasteiger partial charge < -0.3 is 24.0 Å². The van der Waals surface area contributed by atoms with Crippen molar-refractivity contribution in [2.75, 3.05) is 26.7 Å². The van der Waals surface area contributed by atoms with Crippen molar-refractivity contribution in [3.8, 4) is 23.3 Å². The highest BCUT2D eigenvalue weighted by atomic mass is 19.3. The predicted octanol–water partition coefficient (Wildman–Crippen LogP) is 5.93. The van der Waals surface area contributed by atoms with Gasteiger partial charge in [0.15, 0.2) is 5.75 Å². The third kappa shape index (κ3) is 6.44. The highest BCUT2D eigenvalue weighted by molar-refractivity contribution is 6.00. The lowest BCUT2D eigenvalue weighted by molar-refractivity contribution is -0.0498. The van der Waals surface area contributed by atoms with Crippen molar-refractivity contribution >= 4 is 23.0 Å². The first-order valence-electron chi connectivity index (χ1n) is 14.4. The Hall–Kier alpha value is -4.17. The quantitative estimate of drug-likeness (QED) is 0.341. The third-order valence-electron chi connectivity index (χ3n) is 7.54. The molecule has 1 fully saturated rings. The molecule has 43 heavy (non-hydrogen) atoms. The molecule has 2 aromatic carbocycles. The monoisotopic (exact) mass is 594 g/mol. The van der Waals surface area contributed by atoms with E-state index in [4.69, 9.17) is 19.2 Å². The number of piperidine rings is 1. The van der Waals surface area contributed by atoms with E-state index < -0.39 is 12.2 Å². The second-order valence-corrected chi connectivity index (χ2v) is 11.7. The number of likely N-dealkylation sites (tertiary alicyclic amines) is 1. The summed E-state index contributed by atoms with van der Waals surface area (Å²) in [5, 5.41) is 0. The fourth-order valence-corrected chi connectivity index (χ4v) is 5.54. The van der Waals surface area contributed by atoms with E-state index in [1.165, 1.54) is 12.1 Å². The van der Waals surface area contributed by atoms with Gasteiger partial charge in [-0.05, 0) is 70.4 Å². The molecule has 0 saturated carbocycles. The van der Waals surface area contributed by atoms with Gasteiger partial charge in [0.2, 0.25) is 0 Å². The molecule has 2 aliphatic heterocycles. The number of carbonyl (C=O) groups is 2. The van der Waals surface area contributed by atoms with Gasteiger partial charge in [-0.1, -0.05) is 24.8 Å². The second kappa shape index (κ2) is 12.2. The van der Waals surface area contributed by atoms with E-state index >= 15 is 0 Å². The molecule has 1 atom stereocenters. The molecule has 0 aliphatic carbocycles. The number of hydrogen-bond donors (Lipinski definition) is 0. The van der Waals surface area contributed by atoms with Gasteiger partial charge in [-0.25, -0.2) is 9.78 Å². The zero-order valence-electron chi connectivity index (χ0n) is 25.0. The number of para-hydroxylation sites is 1. The summed E-state index contributed by atoms with van der Waals surface area (Å²) in [6, 6.07) is 9.71. The van der Waals surface area contributed by atoms with E-state index in [1.54, 1.807) is 27.5 Å². The molecule has 0 spiro atoms. The molecule has 2 aliphatic rings. The average molecular weight is 595 g/mol. The molecule has 2 amide bonds. The molecule has 9 nitrogen and oxygen atoms in total. The van der Waals surface area contributed by atoms with Gasteiger partial charge in [-0.2, -0.15) is 8.78 Å². The van der Waals surface area contributed by atoms with Crippen LogP contribution in [0.4, 0.5) is 13.6 Å². The second-order valence-electron chi connectivity index (χ2n) is 11.7. The summed E-state index contributed by atoms with van der Waals surface area (Å²) in [4.78, 5) is 33.8. The number of rotatable bonds is 5. The van der Waals surface area contributed by atoms with Crippen LogP contribution in [0.25, 0.3) is 16.7 Å². The highest BCUT2D eigenvalue weighted by Crippen LogP contribution is 2.40. The number of fused-ring (bicyclic) bond motifs is 5. The van der Waals surface area contributed by atoms with E-state index in [-0.39, 0.29) is 47.8 Å². The van der Waals surface area contributed by atoms with Crippen molar-refractivity contribution in [2.45, 2.75) is 71.3 Å². The number of hydrogen-bond acceptors (Lipinski definition) is 6. The number of nitrogens with zero attached hydrogens (tertiary/aromatic N) is 4. The van der Waals surface area contributed by atoms with Crippen LogP contribution in [0.15, 0.2) is 36.4 Å². The Morgan fingerprint density at radius 3 is 2.58 bits per heavy atom. The topological polar surface area (TPSA) is 86.1 Å². The van der Waals surface area contributed by atoms with Crippen LogP contribution in [0, 0.1) is 11.8 Å². The maximum atomic E-state index is 13.4. The van der Waals surface area contributed by atoms with Gasteiger partial charge in [-0.3, -0.25) is 9.36 Å². The van der Waals surface area contributed by atoms with Crippen LogP contribution in [-0.2, 0) is 9.47 Å². The fourth-order valence-electron chi connectivity index (χ4n) is 5.54. The number of imidazole rings is 1. The minimum atomic E-state index is -3.06. The summed E-state index contributed by atoms with van der Waals surface area (Å²) < 4.78 is 44.9. The van der Waals surface area contributed by atoms with Crippen LogP contribution in [0.5, 0.6) is 5.75 Å². The first-order chi connectivity index (χ1) is 20.5. The number of alkyl halides is 2. The number of benzene rings is 2. The maximum Gasteiger partial charge on any atom is 0.410 e. The summed E-state index contributed by atoms with van der Waals surface area (Å²) in [6.07, 6.45) is 1.65. The first kappa shape index (κ1) is 30.3. The third-order valence-corrected chi connectivity index (χ3v) is 7.54. The van der Waals surface area contributed by atoms with Gasteiger partial charge >= 0.3 is 12.7 Å². The van der Waals surface area contributed by atoms with E-state index in [0.717, 1.165) is 0 Å². The summed E-state index contributed by atoms with van der Waals surface area (Å²) in [6.45, 7) is 5.76. The molecular weight excluding hydrogens is 558 g/mol. The lowest BCUT2D eigenvalue weighted by atomic mass is 10.1. The normalized spacial score (nSPS) is 17.3. The van der Waals surface area contributed by atoms with Crippen molar-refractivity contribution < 1.29 is 32.6 Å². The zero-order chi connectivity index (χ0) is 30.9. The van der Waals surface area contributed by atoms with Gasteiger partial charge in [0.1, 0.15) is 23.7 Å². The molecular formula is C32H36F2N4O5. The van der Waals surface area contributed by atoms with Crippen LogP contribution >= 0.6 is 0 Å². The Kier molecular flexibility index (Phi) is 8.60. The lowest BCUT2D eigenvalue weighted by Crippen LogP contribution is -2.43. The minimum Gasteiger partial charge on any atom is -0.444 e. The van der Waals surface area contributed by atoms with Crippen molar-refractivity contribution in [2.24, 2.45) is 0 Å². The smallest absolute Gasteiger partial charge is 0.410 e. The van der Waals surface area contributed by atoms with Crippen molar-refractivity contribution in [3.05, 3.63) is 53.3 Å². The van der Waals surface area contributed by atoms with Gasteiger partial charge in [0.05, 0.1) is 28.7 Å². The maximum absolute atomic E-state index is 13.4. The molecule has 0 bridgehead atoms. The SMILES string of the molecule is CCC1c2nc3ccc(C#CCOC4CCN(C(=O)OC(C)(C)C)CC4)cc3n2-c2c(OC(F)F)cccc2C(=O)N1C. The van der Waals surface area contributed by atoms with Crippen molar-refractivity contribution in [1.29, 1.82) is 0 Å². The van der Waals surface area contributed by atoms with Crippen molar-refractivity contribution in [3.63, 3.8) is 0 Å². The van der Waals surface area contributed by atoms with Gasteiger partial charge in [0, 0.05) is 25.7 Å². The van der Waals surface area contributed by atoms with Crippen molar-refractivity contribution in [1.82, 2.24) is 19.4 Å². The van der Waals surface area contributed by atoms with Gasteiger partial charge in [0.25, 0.3) is 5.91 Å². The largest absolute Gasteiger partial charge is 0.444 e. The van der Waals surface area contributed by atoms with E-state index in [2.05, 4.69) is 11.8 Å². The van der Waals surface area contributed by atoms with Gasteiger partial charge in [-0.15, -0.1) is 0 Å². The van der Waals surface area contributed by atoms with E-state index in [0.29, 0.717) is 54.8 Å². The fraction of sp³-hybridized carbons (Fsp3) is 0.469. The first-order valence-corrected chi connectivity index (χ1v) is 14.4. The molecule has 5 rings (SSSR count). The molecule has 3 heterocycles. The van der Waals surface area contributed by atoms with Crippen LogP contribution in [0.1, 0.15) is 74.7 Å². The van der Waals surface area contributed by atoms with E-state index in [1.807, 2.05) is 45.9 Å². The molecule has 1 saturated heterocycles. The molecule has 1 aromatic heterocycles. The Morgan fingerprint density at radius 2 is 1.91 bits per heavy atom. The number of aromatic nitrogens is 2. The minimum absolute atomic E-state index is 0.00803. The Balaban J connectivity index is 1.38.